The maximum Gasteiger partial charge on any atom is 0.0543 e. The minimum atomic E-state index is 0.709. The molecular weight excluding hydrogens is 434 g/mol. The zero-order valence-electron chi connectivity index (χ0n) is 22.2. The molecule has 0 aliphatic heterocycles. The number of rotatable bonds is 3. The van der Waals surface area contributed by atoms with Crippen LogP contribution in [0.2, 0.25) is 0 Å². The molecule has 0 spiro atoms. The summed E-state index contributed by atoms with van der Waals surface area (Å²) in [7, 11) is 0. The first-order chi connectivity index (χ1) is 17.7. The lowest BCUT2D eigenvalue weighted by molar-refractivity contribution is 0.733. The normalized spacial score (nSPS) is 11.5. The third kappa shape index (κ3) is 5.06. The number of benzene rings is 5. The van der Waals surface area contributed by atoms with Gasteiger partial charge in [-0.25, -0.2) is 0 Å². The summed E-state index contributed by atoms with van der Waals surface area (Å²) in [4.78, 5) is 0. The van der Waals surface area contributed by atoms with Crippen molar-refractivity contribution < 1.29 is 0 Å². The maximum atomic E-state index is 2.38. The molecule has 0 bridgehead atoms. The molecule has 1 atom stereocenters. The number of hydrogen-bond donors (Lipinski definition) is 0. The van der Waals surface area contributed by atoms with Crippen LogP contribution in [-0.2, 0) is 0 Å². The van der Waals surface area contributed by atoms with Crippen LogP contribution in [0.1, 0.15) is 51.2 Å². The van der Waals surface area contributed by atoms with E-state index in [4.69, 9.17) is 0 Å². The summed E-state index contributed by atoms with van der Waals surface area (Å²) in [6.45, 7) is 10.7. The fourth-order valence-corrected chi connectivity index (χ4v) is 4.81. The molecular formula is C35H37N. The Kier molecular flexibility index (Phi) is 8.23. The van der Waals surface area contributed by atoms with E-state index >= 15 is 0 Å². The Hall–Kier alpha value is -3.84. The molecule has 6 aromatic rings. The van der Waals surface area contributed by atoms with Crippen molar-refractivity contribution in [2.75, 3.05) is 0 Å². The monoisotopic (exact) mass is 471 g/mol. The predicted octanol–water partition coefficient (Wildman–Crippen LogP) is 10.5. The first-order valence-corrected chi connectivity index (χ1v) is 13.2. The van der Waals surface area contributed by atoms with E-state index in [1.807, 2.05) is 13.8 Å². The van der Waals surface area contributed by atoms with E-state index in [0.717, 1.165) is 0 Å². The second-order valence-electron chi connectivity index (χ2n) is 9.07. The highest BCUT2D eigenvalue weighted by molar-refractivity contribution is 6.11. The summed E-state index contributed by atoms with van der Waals surface area (Å²) in [6.07, 6.45) is 1.23. The van der Waals surface area contributed by atoms with Crippen molar-refractivity contribution in [2.45, 2.75) is 47.0 Å². The molecule has 0 saturated heterocycles. The van der Waals surface area contributed by atoms with Gasteiger partial charge >= 0.3 is 0 Å². The van der Waals surface area contributed by atoms with E-state index in [1.54, 1.807) is 0 Å². The fourth-order valence-electron chi connectivity index (χ4n) is 4.81. The highest BCUT2D eigenvalue weighted by Gasteiger charge is 2.13. The molecule has 1 aromatic heterocycles. The smallest absolute Gasteiger partial charge is 0.0543 e. The summed E-state index contributed by atoms with van der Waals surface area (Å²) in [6, 6.07) is 41.1. The van der Waals surface area contributed by atoms with Crippen LogP contribution in [0.3, 0.4) is 0 Å². The quantitative estimate of drug-likeness (QED) is 0.242. The van der Waals surface area contributed by atoms with Crippen molar-refractivity contribution in [2.24, 2.45) is 0 Å². The Morgan fingerprint density at radius 3 is 2.03 bits per heavy atom. The van der Waals surface area contributed by atoms with E-state index in [2.05, 4.69) is 141 Å². The van der Waals surface area contributed by atoms with Gasteiger partial charge in [0.15, 0.2) is 0 Å². The average Bonchev–Trinajstić information content (AvgIpc) is 3.30. The van der Waals surface area contributed by atoms with Gasteiger partial charge in [-0.05, 0) is 65.4 Å². The van der Waals surface area contributed by atoms with Crippen LogP contribution in [0.4, 0.5) is 0 Å². The van der Waals surface area contributed by atoms with Crippen molar-refractivity contribution in [3.63, 3.8) is 0 Å². The zero-order chi connectivity index (χ0) is 25.5. The first kappa shape index (κ1) is 25.3. The van der Waals surface area contributed by atoms with Gasteiger partial charge in [0, 0.05) is 16.5 Å². The van der Waals surface area contributed by atoms with Gasteiger partial charge < -0.3 is 4.57 Å². The molecule has 0 fully saturated rings. The topological polar surface area (TPSA) is 4.93 Å². The van der Waals surface area contributed by atoms with Gasteiger partial charge in [-0.15, -0.1) is 0 Å². The van der Waals surface area contributed by atoms with Gasteiger partial charge in [0.1, 0.15) is 0 Å². The molecule has 36 heavy (non-hydrogen) atoms. The van der Waals surface area contributed by atoms with Crippen LogP contribution in [0.15, 0.2) is 115 Å². The Labute approximate surface area is 216 Å². The third-order valence-electron chi connectivity index (χ3n) is 6.88. The summed E-state index contributed by atoms with van der Waals surface area (Å²) in [5.41, 5.74) is 6.52. The lowest BCUT2D eigenvalue weighted by Gasteiger charge is -2.09. The average molecular weight is 472 g/mol. The second kappa shape index (κ2) is 11.7. The molecule has 0 aliphatic rings. The van der Waals surface area contributed by atoms with E-state index in [9.17, 15) is 0 Å². The number of aryl methyl sites for hydroxylation is 1. The fraction of sp³-hybridized carbons (Fsp3) is 0.200. The second-order valence-corrected chi connectivity index (χ2v) is 9.07. The molecule has 1 heterocycles. The number of para-hydroxylation sites is 1. The lowest BCUT2D eigenvalue weighted by atomic mass is 9.99. The van der Waals surface area contributed by atoms with E-state index in [-0.39, 0.29) is 0 Å². The molecule has 1 heteroatoms. The van der Waals surface area contributed by atoms with Crippen LogP contribution in [0.5, 0.6) is 0 Å². The zero-order valence-corrected chi connectivity index (χ0v) is 22.2. The van der Waals surface area contributed by atoms with E-state index in [0.29, 0.717) is 5.92 Å². The lowest BCUT2D eigenvalue weighted by Crippen LogP contribution is -1.93. The van der Waals surface area contributed by atoms with Crippen LogP contribution >= 0.6 is 0 Å². The van der Waals surface area contributed by atoms with Gasteiger partial charge in [0.05, 0.1) is 11.0 Å². The Balaban J connectivity index is 0.000000214. The van der Waals surface area contributed by atoms with Crippen molar-refractivity contribution in [3.8, 4) is 5.69 Å². The number of fused-ring (bicyclic) bond motifs is 4. The molecule has 0 radical (unpaired) electrons. The Bertz CT molecular complexity index is 1560. The Morgan fingerprint density at radius 2 is 1.28 bits per heavy atom. The molecule has 0 saturated carbocycles. The van der Waals surface area contributed by atoms with Gasteiger partial charge in [-0.1, -0.05) is 119 Å². The minimum Gasteiger partial charge on any atom is -0.309 e. The van der Waals surface area contributed by atoms with Crippen LogP contribution in [-0.4, -0.2) is 4.57 Å². The standard InChI is InChI=1S/C23H17N.C10H14.C2H6/c1-16-7-6-12-22-23(16)20-10-4-5-11-21(20)24(22)19-14-13-17-8-2-3-9-18(17)15-19;1-3-9(2)10-7-5-4-6-8-10;1-2/h2-15H,1H3;4-9H,3H2,1-2H3;1-2H3. The van der Waals surface area contributed by atoms with E-state index < -0.39 is 0 Å². The maximum absolute atomic E-state index is 2.38. The first-order valence-electron chi connectivity index (χ1n) is 13.2. The van der Waals surface area contributed by atoms with Crippen molar-refractivity contribution in [1.29, 1.82) is 0 Å². The summed E-state index contributed by atoms with van der Waals surface area (Å²) in [5.74, 6) is 0.709. The van der Waals surface area contributed by atoms with Gasteiger partial charge in [-0.3, -0.25) is 0 Å². The van der Waals surface area contributed by atoms with Gasteiger partial charge in [0.25, 0.3) is 0 Å². The van der Waals surface area contributed by atoms with Crippen molar-refractivity contribution in [3.05, 3.63) is 126 Å². The molecule has 0 aliphatic carbocycles. The minimum absolute atomic E-state index is 0.709. The van der Waals surface area contributed by atoms with Crippen LogP contribution in [0, 0.1) is 6.92 Å². The van der Waals surface area contributed by atoms with Gasteiger partial charge in [0.2, 0.25) is 0 Å². The number of aromatic nitrogens is 1. The van der Waals surface area contributed by atoms with Crippen molar-refractivity contribution >= 4 is 32.6 Å². The summed E-state index contributed by atoms with van der Waals surface area (Å²) < 4.78 is 2.38. The van der Waals surface area contributed by atoms with Crippen molar-refractivity contribution in [1.82, 2.24) is 4.57 Å². The molecule has 0 amide bonds. The Morgan fingerprint density at radius 1 is 0.639 bits per heavy atom. The molecule has 1 nitrogen and oxygen atoms in total. The van der Waals surface area contributed by atoms with Crippen LogP contribution < -0.4 is 0 Å². The highest BCUT2D eigenvalue weighted by Crippen LogP contribution is 2.34. The molecule has 5 aromatic carbocycles. The van der Waals surface area contributed by atoms with E-state index in [1.165, 1.54) is 55.8 Å². The largest absolute Gasteiger partial charge is 0.309 e. The molecule has 6 rings (SSSR count). The number of hydrogen-bond acceptors (Lipinski definition) is 0. The summed E-state index contributed by atoms with van der Waals surface area (Å²) >= 11 is 0. The molecule has 1 unspecified atom stereocenters. The summed E-state index contributed by atoms with van der Waals surface area (Å²) in [5, 5.41) is 5.21. The SMILES string of the molecule is CC.CCC(C)c1ccccc1.Cc1cccc2c1c1ccccc1n2-c1ccc2ccccc2c1. The molecule has 182 valence electrons. The number of nitrogens with zero attached hydrogens (tertiary/aromatic N) is 1. The third-order valence-corrected chi connectivity index (χ3v) is 6.88. The predicted molar refractivity (Wildman–Crippen MR) is 160 cm³/mol. The molecule has 0 N–H and O–H groups in total. The van der Waals surface area contributed by atoms with Crippen LogP contribution in [0.25, 0.3) is 38.3 Å². The highest BCUT2D eigenvalue weighted by atomic mass is 15.0. The van der Waals surface area contributed by atoms with Gasteiger partial charge in [-0.2, -0.15) is 0 Å².